The lowest BCUT2D eigenvalue weighted by atomic mass is 10.0. The van der Waals surface area contributed by atoms with E-state index in [2.05, 4.69) is 5.10 Å². The van der Waals surface area contributed by atoms with Crippen LogP contribution in [0.2, 0.25) is 0 Å². The van der Waals surface area contributed by atoms with Crippen LogP contribution < -0.4 is 5.73 Å². The molecule has 0 bridgehead atoms. The Labute approximate surface area is 123 Å². The Morgan fingerprint density at radius 3 is 2.67 bits per heavy atom. The summed E-state index contributed by atoms with van der Waals surface area (Å²) in [4.78, 5) is 13.9. The highest BCUT2D eigenvalue weighted by atomic mass is 19.1. The van der Waals surface area contributed by atoms with Crippen LogP contribution in [0, 0.1) is 5.82 Å². The molecular formula is C15H19FN4O. The van der Waals surface area contributed by atoms with Crippen LogP contribution >= 0.6 is 0 Å². The summed E-state index contributed by atoms with van der Waals surface area (Å²) in [5, 5.41) is 4.00. The van der Waals surface area contributed by atoms with Gasteiger partial charge in [-0.25, -0.2) is 4.39 Å². The molecule has 21 heavy (non-hydrogen) atoms. The smallest absolute Gasteiger partial charge is 0.244 e. The van der Waals surface area contributed by atoms with Gasteiger partial charge in [0.15, 0.2) is 0 Å². The van der Waals surface area contributed by atoms with E-state index in [1.807, 2.05) is 0 Å². The number of nitrogens with two attached hydrogens (primary N) is 1. The fourth-order valence-electron chi connectivity index (χ4n) is 2.18. The van der Waals surface area contributed by atoms with Crippen LogP contribution in [0.5, 0.6) is 0 Å². The van der Waals surface area contributed by atoms with Gasteiger partial charge < -0.3 is 10.6 Å². The highest BCUT2D eigenvalue weighted by molar-refractivity contribution is 5.83. The van der Waals surface area contributed by atoms with Gasteiger partial charge in [-0.3, -0.25) is 9.48 Å². The van der Waals surface area contributed by atoms with Gasteiger partial charge in [0.1, 0.15) is 11.9 Å². The number of amides is 1. The maximum absolute atomic E-state index is 13.8. The highest BCUT2D eigenvalue weighted by Gasteiger charge is 2.26. The first-order valence-corrected chi connectivity index (χ1v) is 6.67. The van der Waals surface area contributed by atoms with E-state index >= 15 is 0 Å². The molecule has 1 aromatic carbocycles. The molecule has 2 rings (SSSR count). The van der Waals surface area contributed by atoms with Crippen LogP contribution in [-0.2, 0) is 11.8 Å². The second kappa shape index (κ2) is 6.05. The molecule has 0 saturated heterocycles. The van der Waals surface area contributed by atoms with Crippen molar-refractivity contribution < 1.29 is 9.18 Å². The third-order valence-corrected chi connectivity index (χ3v) is 3.63. The molecule has 2 aromatic rings. The first-order chi connectivity index (χ1) is 9.91. The molecule has 0 aliphatic heterocycles. The van der Waals surface area contributed by atoms with Crippen molar-refractivity contribution in [3.63, 3.8) is 0 Å². The normalized spacial score (nSPS) is 13.8. The van der Waals surface area contributed by atoms with Gasteiger partial charge in [0.05, 0.1) is 12.2 Å². The van der Waals surface area contributed by atoms with E-state index in [-0.39, 0.29) is 11.7 Å². The molecule has 112 valence electrons. The number of benzene rings is 1. The fourth-order valence-corrected chi connectivity index (χ4v) is 2.18. The molecule has 1 amide bonds. The van der Waals surface area contributed by atoms with E-state index in [0.29, 0.717) is 11.1 Å². The Morgan fingerprint density at radius 2 is 2.10 bits per heavy atom. The van der Waals surface area contributed by atoms with Crippen LogP contribution in [0.25, 0.3) is 0 Å². The van der Waals surface area contributed by atoms with Crippen molar-refractivity contribution in [3.8, 4) is 0 Å². The molecule has 6 heteroatoms. The summed E-state index contributed by atoms with van der Waals surface area (Å²) in [6.07, 6.45) is 3.26. The van der Waals surface area contributed by atoms with Crippen LogP contribution in [0.4, 0.5) is 4.39 Å². The molecule has 0 radical (unpaired) electrons. The van der Waals surface area contributed by atoms with E-state index in [1.165, 1.54) is 11.0 Å². The predicted molar refractivity (Wildman–Crippen MR) is 77.7 cm³/mol. The lowest BCUT2D eigenvalue weighted by Gasteiger charge is -2.27. The largest absolute Gasteiger partial charge is 0.337 e. The van der Waals surface area contributed by atoms with Crippen molar-refractivity contribution in [3.05, 3.63) is 53.6 Å². The summed E-state index contributed by atoms with van der Waals surface area (Å²) in [6, 6.07) is 5.20. The molecule has 1 heterocycles. The van der Waals surface area contributed by atoms with Crippen molar-refractivity contribution in [2.75, 3.05) is 7.05 Å². The van der Waals surface area contributed by atoms with Gasteiger partial charge in [-0.05, 0) is 13.0 Å². The number of likely N-dealkylation sites (N-methyl/N-ethyl adjacent to an activating group) is 1. The van der Waals surface area contributed by atoms with Gasteiger partial charge in [0.2, 0.25) is 5.91 Å². The molecule has 0 aliphatic rings. The molecule has 1 aromatic heterocycles. The maximum Gasteiger partial charge on any atom is 0.244 e. The Hall–Kier alpha value is -2.21. The zero-order valence-corrected chi connectivity index (χ0v) is 12.3. The van der Waals surface area contributed by atoms with Crippen LogP contribution in [0.15, 0.2) is 36.7 Å². The van der Waals surface area contributed by atoms with Crippen molar-refractivity contribution in [1.29, 1.82) is 0 Å². The average molecular weight is 290 g/mol. The van der Waals surface area contributed by atoms with Gasteiger partial charge >= 0.3 is 0 Å². The van der Waals surface area contributed by atoms with Gasteiger partial charge in [-0.15, -0.1) is 0 Å². The molecule has 0 fully saturated rings. The van der Waals surface area contributed by atoms with Crippen molar-refractivity contribution >= 4 is 5.91 Å². The zero-order valence-electron chi connectivity index (χ0n) is 12.3. The van der Waals surface area contributed by atoms with Gasteiger partial charge in [-0.2, -0.15) is 5.10 Å². The summed E-state index contributed by atoms with van der Waals surface area (Å²) < 4.78 is 15.4. The number of aromatic nitrogens is 2. The molecule has 0 saturated carbocycles. The molecule has 5 nitrogen and oxygen atoms in total. The second-order valence-electron chi connectivity index (χ2n) is 5.07. The van der Waals surface area contributed by atoms with Crippen molar-refractivity contribution in [2.45, 2.75) is 19.0 Å². The summed E-state index contributed by atoms with van der Waals surface area (Å²) >= 11 is 0. The summed E-state index contributed by atoms with van der Waals surface area (Å²) in [5.74, 6) is -0.613. The summed E-state index contributed by atoms with van der Waals surface area (Å²) in [7, 11) is 3.38. The Kier molecular flexibility index (Phi) is 4.37. The van der Waals surface area contributed by atoms with Gasteiger partial charge in [0, 0.05) is 31.4 Å². The fraction of sp³-hybridized carbons (Fsp3) is 0.333. The lowest BCUT2D eigenvalue weighted by molar-refractivity contribution is -0.133. The number of aryl methyl sites for hydroxylation is 1. The standard InChI is InChI=1S/C15H19FN4O/c1-10(12-6-4-5-7-13(12)16)20(3)15(21)14(17)11-8-18-19(2)9-11/h4-10,14H,17H2,1-3H3. The number of hydrogen-bond donors (Lipinski definition) is 1. The maximum atomic E-state index is 13.8. The number of halogens is 1. The lowest BCUT2D eigenvalue weighted by Crippen LogP contribution is -2.37. The third kappa shape index (κ3) is 3.11. The first-order valence-electron chi connectivity index (χ1n) is 6.67. The number of carbonyl (C=O) groups excluding carboxylic acids is 1. The molecule has 2 unspecified atom stereocenters. The van der Waals surface area contributed by atoms with Gasteiger partial charge in [0.25, 0.3) is 0 Å². The quantitative estimate of drug-likeness (QED) is 0.933. The highest BCUT2D eigenvalue weighted by Crippen LogP contribution is 2.24. The van der Waals surface area contributed by atoms with Gasteiger partial charge in [-0.1, -0.05) is 18.2 Å². The molecular weight excluding hydrogens is 271 g/mol. The Morgan fingerprint density at radius 1 is 1.43 bits per heavy atom. The molecule has 2 atom stereocenters. The number of rotatable bonds is 4. The summed E-state index contributed by atoms with van der Waals surface area (Å²) in [6.45, 7) is 1.77. The minimum atomic E-state index is -0.807. The minimum absolute atomic E-state index is 0.279. The van der Waals surface area contributed by atoms with E-state index in [0.717, 1.165) is 0 Å². The van der Waals surface area contributed by atoms with Crippen molar-refractivity contribution in [2.24, 2.45) is 12.8 Å². The topological polar surface area (TPSA) is 64.2 Å². The molecule has 0 aliphatic carbocycles. The summed E-state index contributed by atoms with van der Waals surface area (Å²) in [5.41, 5.74) is 7.07. The number of carbonyl (C=O) groups is 1. The van der Waals surface area contributed by atoms with E-state index in [9.17, 15) is 9.18 Å². The molecule has 2 N–H and O–H groups in total. The third-order valence-electron chi connectivity index (χ3n) is 3.63. The SMILES string of the molecule is CC(c1ccccc1F)N(C)C(=O)C(N)c1cnn(C)c1. The number of nitrogens with zero attached hydrogens (tertiary/aromatic N) is 3. The Bertz CT molecular complexity index is 640. The minimum Gasteiger partial charge on any atom is -0.337 e. The number of hydrogen-bond acceptors (Lipinski definition) is 3. The second-order valence-corrected chi connectivity index (χ2v) is 5.07. The monoisotopic (exact) mass is 290 g/mol. The van der Waals surface area contributed by atoms with Crippen LogP contribution in [-0.4, -0.2) is 27.6 Å². The zero-order chi connectivity index (χ0) is 15.6. The van der Waals surface area contributed by atoms with Crippen LogP contribution in [0.1, 0.15) is 30.1 Å². The predicted octanol–water partition coefficient (Wildman–Crippen LogP) is 1.78. The van der Waals surface area contributed by atoms with Crippen LogP contribution in [0.3, 0.4) is 0 Å². The Balaban J connectivity index is 2.17. The van der Waals surface area contributed by atoms with E-state index in [4.69, 9.17) is 5.73 Å². The first kappa shape index (κ1) is 15.2. The van der Waals surface area contributed by atoms with E-state index < -0.39 is 12.1 Å². The molecule has 0 spiro atoms. The van der Waals surface area contributed by atoms with Crippen molar-refractivity contribution in [1.82, 2.24) is 14.7 Å². The van der Waals surface area contributed by atoms with E-state index in [1.54, 1.807) is 56.3 Å². The average Bonchev–Trinajstić information content (AvgIpc) is 2.91.